The van der Waals surface area contributed by atoms with Crippen molar-refractivity contribution in [2.75, 3.05) is 19.9 Å². The Labute approximate surface area is 140 Å². The number of hydrogen-bond acceptors (Lipinski definition) is 6. The van der Waals surface area contributed by atoms with Gasteiger partial charge in [0.1, 0.15) is 18.5 Å². The molecular weight excluding hydrogens is 308 g/mol. The minimum atomic E-state index is -0.644. The van der Waals surface area contributed by atoms with Gasteiger partial charge in [-0.1, -0.05) is 12.1 Å². The van der Waals surface area contributed by atoms with Crippen molar-refractivity contribution in [1.82, 2.24) is 5.32 Å². The minimum absolute atomic E-state index is 0.172. The van der Waals surface area contributed by atoms with Gasteiger partial charge in [0.2, 0.25) is 6.79 Å². The summed E-state index contributed by atoms with van der Waals surface area (Å²) in [5, 5.41) is 22.0. The lowest BCUT2D eigenvalue weighted by atomic mass is 10.1. The molecule has 0 aliphatic carbocycles. The Morgan fingerprint density at radius 2 is 2.08 bits per heavy atom. The van der Waals surface area contributed by atoms with Crippen molar-refractivity contribution < 1.29 is 19.3 Å². The van der Waals surface area contributed by atoms with E-state index in [0.29, 0.717) is 35.9 Å². The molecule has 0 saturated carbocycles. The van der Waals surface area contributed by atoms with Crippen molar-refractivity contribution in [3.8, 4) is 23.3 Å². The fraction of sp³-hybridized carbons (Fsp3) is 0.278. The number of ether oxygens (including phenoxy) is 3. The number of aliphatic hydroxyl groups is 1. The second-order valence-corrected chi connectivity index (χ2v) is 5.42. The van der Waals surface area contributed by atoms with Gasteiger partial charge in [0.05, 0.1) is 11.6 Å². The van der Waals surface area contributed by atoms with E-state index < -0.39 is 6.10 Å². The molecule has 0 radical (unpaired) electrons. The minimum Gasteiger partial charge on any atom is -0.491 e. The number of fused-ring (bicyclic) bond motifs is 1. The highest BCUT2D eigenvalue weighted by Gasteiger charge is 2.14. The fourth-order valence-electron chi connectivity index (χ4n) is 2.35. The molecule has 0 spiro atoms. The van der Waals surface area contributed by atoms with E-state index in [-0.39, 0.29) is 13.4 Å². The number of nitrogens with zero attached hydrogens (tertiary/aromatic N) is 1. The predicted molar refractivity (Wildman–Crippen MR) is 86.9 cm³/mol. The molecule has 1 heterocycles. The number of nitriles is 1. The van der Waals surface area contributed by atoms with Crippen molar-refractivity contribution in [2.24, 2.45) is 0 Å². The molecule has 3 rings (SSSR count). The Kier molecular flexibility index (Phi) is 5.16. The predicted octanol–water partition coefficient (Wildman–Crippen LogP) is 1.82. The molecule has 0 saturated heterocycles. The van der Waals surface area contributed by atoms with Crippen LogP contribution in [-0.4, -0.2) is 31.2 Å². The van der Waals surface area contributed by atoms with E-state index in [1.807, 2.05) is 18.2 Å². The molecule has 6 nitrogen and oxygen atoms in total. The smallest absolute Gasteiger partial charge is 0.231 e. The number of nitrogens with one attached hydrogen (secondary N) is 1. The van der Waals surface area contributed by atoms with Crippen LogP contribution >= 0.6 is 0 Å². The van der Waals surface area contributed by atoms with Crippen LogP contribution in [0.1, 0.15) is 11.1 Å². The summed E-state index contributed by atoms with van der Waals surface area (Å²) in [7, 11) is 0. The molecule has 0 bridgehead atoms. The quantitative estimate of drug-likeness (QED) is 0.807. The highest BCUT2D eigenvalue weighted by atomic mass is 16.7. The lowest BCUT2D eigenvalue weighted by molar-refractivity contribution is 0.106. The van der Waals surface area contributed by atoms with Crippen LogP contribution in [0.25, 0.3) is 0 Å². The molecule has 0 fully saturated rings. The summed E-state index contributed by atoms with van der Waals surface area (Å²) in [6.07, 6.45) is -0.644. The molecule has 0 unspecified atom stereocenters. The van der Waals surface area contributed by atoms with E-state index in [1.165, 1.54) is 0 Å². The topological polar surface area (TPSA) is 83.7 Å². The van der Waals surface area contributed by atoms with Crippen LogP contribution < -0.4 is 19.5 Å². The lowest BCUT2D eigenvalue weighted by Gasteiger charge is -2.13. The fourth-order valence-corrected chi connectivity index (χ4v) is 2.35. The largest absolute Gasteiger partial charge is 0.491 e. The standard InChI is InChI=1S/C18H18N2O4/c19-8-13-2-1-3-14(6-13)9-20-10-15(21)11-22-16-4-5-17-18(7-16)24-12-23-17/h1-7,15,20-21H,9-12H2/t15-/m1/s1. The summed E-state index contributed by atoms with van der Waals surface area (Å²) in [6.45, 7) is 1.36. The van der Waals surface area contributed by atoms with Crippen molar-refractivity contribution >= 4 is 0 Å². The maximum atomic E-state index is 9.99. The number of benzene rings is 2. The van der Waals surface area contributed by atoms with E-state index in [9.17, 15) is 5.11 Å². The monoisotopic (exact) mass is 326 g/mol. The zero-order chi connectivity index (χ0) is 16.8. The van der Waals surface area contributed by atoms with Crippen molar-refractivity contribution in [3.63, 3.8) is 0 Å². The van der Waals surface area contributed by atoms with Gasteiger partial charge in [0, 0.05) is 19.2 Å². The van der Waals surface area contributed by atoms with E-state index in [1.54, 1.807) is 24.3 Å². The molecule has 2 aromatic rings. The lowest BCUT2D eigenvalue weighted by Crippen LogP contribution is -2.31. The van der Waals surface area contributed by atoms with Crippen LogP contribution in [0.3, 0.4) is 0 Å². The average molecular weight is 326 g/mol. The SMILES string of the molecule is N#Cc1cccc(CNC[C@@H](O)COc2ccc3c(c2)OCO3)c1. The van der Waals surface area contributed by atoms with Gasteiger partial charge in [-0.25, -0.2) is 0 Å². The Bertz CT molecular complexity index is 742. The third kappa shape index (κ3) is 4.16. The molecule has 24 heavy (non-hydrogen) atoms. The second-order valence-electron chi connectivity index (χ2n) is 5.42. The maximum Gasteiger partial charge on any atom is 0.231 e. The molecule has 1 aliphatic rings. The first kappa shape index (κ1) is 16.1. The number of rotatable bonds is 7. The first-order valence-electron chi connectivity index (χ1n) is 7.65. The van der Waals surface area contributed by atoms with Crippen LogP contribution in [0.2, 0.25) is 0 Å². The van der Waals surface area contributed by atoms with Gasteiger partial charge in [-0.15, -0.1) is 0 Å². The number of hydrogen-bond donors (Lipinski definition) is 2. The summed E-state index contributed by atoms with van der Waals surface area (Å²) >= 11 is 0. The summed E-state index contributed by atoms with van der Waals surface area (Å²) in [5.41, 5.74) is 1.62. The second kappa shape index (κ2) is 7.68. The van der Waals surface area contributed by atoms with Crippen LogP contribution in [0, 0.1) is 11.3 Å². The molecule has 0 aromatic heterocycles. The Morgan fingerprint density at radius 1 is 1.21 bits per heavy atom. The van der Waals surface area contributed by atoms with E-state index in [2.05, 4.69) is 11.4 Å². The molecule has 6 heteroatoms. The Hall–Kier alpha value is -2.75. The average Bonchev–Trinajstić information content (AvgIpc) is 3.08. The van der Waals surface area contributed by atoms with E-state index >= 15 is 0 Å². The summed E-state index contributed by atoms with van der Waals surface area (Å²) in [5.74, 6) is 1.97. The van der Waals surface area contributed by atoms with E-state index in [4.69, 9.17) is 19.5 Å². The van der Waals surface area contributed by atoms with Gasteiger partial charge in [0.25, 0.3) is 0 Å². The molecular formula is C18H18N2O4. The van der Waals surface area contributed by atoms with Crippen LogP contribution in [0.4, 0.5) is 0 Å². The zero-order valence-corrected chi connectivity index (χ0v) is 13.1. The molecule has 2 N–H and O–H groups in total. The highest BCUT2D eigenvalue weighted by Crippen LogP contribution is 2.35. The third-order valence-electron chi connectivity index (χ3n) is 3.55. The van der Waals surface area contributed by atoms with Crippen LogP contribution in [0.15, 0.2) is 42.5 Å². The van der Waals surface area contributed by atoms with Crippen LogP contribution in [-0.2, 0) is 6.54 Å². The van der Waals surface area contributed by atoms with Gasteiger partial charge < -0.3 is 24.6 Å². The maximum absolute atomic E-state index is 9.99. The molecule has 1 atom stereocenters. The summed E-state index contributed by atoms with van der Waals surface area (Å²) in [4.78, 5) is 0. The molecule has 2 aromatic carbocycles. The first-order valence-corrected chi connectivity index (χ1v) is 7.65. The first-order chi connectivity index (χ1) is 11.7. The third-order valence-corrected chi connectivity index (χ3v) is 3.55. The molecule has 124 valence electrons. The van der Waals surface area contributed by atoms with Crippen LogP contribution in [0.5, 0.6) is 17.2 Å². The van der Waals surface area contributed by atoms with Crippen molar-refractivity contribution in [3.05, 3.63) is 53.6 Å². The van der Waals surface area contributed by atoms with E-state index in [0.717, 1.165) is 5.56 Å². The summed E-state index contributed by atoms with van der Waals surface area (Å²) < 4.78 is 16.1. The molecule has 1 aliphatic heterocycles. The van der Waals surface area contributed by atoms with Gasteiger partial charge in [-0.3, -0.25) is 0 Å². The van der Waals surface area contributed by atoms with Gasteiger partial charge in [0.15, 0.2) is 11.5 Å². The summed E-state index contributed by atoms with van der Waals surface area (Å²) in [6, 6.07) is 14.8. The zero-order valence-electron chi connectivity index (χ0n) is 13.1. The van der Waals surface area contributed by atoms with Gasteiger partial charge in [-0.2, -0.15) is 5.26 Å². The number of aliphatic hydroxyl groups excluding tert-OH is 1. The van der Waals surface area contributed by atoms with Crippen molar-refractivity contribution in [1.29, 1.82) is 5.26 Å². The highest BCUT2D eigenvalue weighted by molar-refractivity contribution is 5.46. The Balaban J connectivity index is 1.41. The van der Waals surface area contributed by atoms with Gasteiger partial charge in [-0.05, 0) is 29.8 Å². The molecule has 0 amide bonds. The van der Waals surface area contributed by atoms with Crippen molar-refractivity contribution in [2.45, 2.75) is 12.6 Å². The normalized spacial score (nSPS) is 13.3. The van der Waals surface area contributed by atoms with Gasteiger partial charge >= 0.3 is 0 Å². The Morgan fingerprint density at radius 3 is 2.96 bits per heavy atom.